The van der Waals surface area contributed by atoms with Gasteiger partial charge < -0.3 is 10.2 Å². The van der Waals surface area contributed by atoms with Gasteiger partial charge in [-0.2, -0.15) is 0 Å². The van der Waals surface area contributed by atoms with Crippen LogP contribution >= 0.6 is 11.6 Å². The third kappa shape index (κ3) is 3.71. The summed E-state index contributed by atoms with van der Waals surface area (Å²) in [4.78, 5) is 2.59. The molecule has 100 valence electrons. The third-order valence-corrected chi connectivity index (χ3v) is 4.01. The molecule has 1 aromatic carbocycles. The molecule has 0 aliphatic heterocycles. The highest BCUT2D eigenvalue weighted by Crippen LogP contribution is 2.28. The van der Waals surface area contributed by atoms with Gasteiger partial charge in [0, 0.05) is 23.7 Å². The molecule has 0 saturated heterocycles. The standard InChI is InChI=1S/C15H23ClN2/c1-3-18(14-7-8-14)10-9-15(17-2)12-5-4-6-13(16)11-12/h4-6,11,14-15,17H,3,7-10H2,1-2H3. The summed E-state index contributed by atoms with van der Waals surface area (Å²) in [6.07, 6.45) is 3.91. The Labute approximate surface area is 115 Å². The fourth-order valence-corrected chi connectivity index (χ4v) is 2.73. The number of nitrogens with zero attached hydrogens (tertiary/aromatic N) is 1. The molecule has 0 amide bonds. The first-order valence-electron chi connectivity index (χ1n) is 6.91. The van der Waals surface area contributed by atoms with Crippen LogP contribution in [0.25, 0.3) is 0 Å². The van der Waals surface area contributed by atoms with Crippen LogP contribution in [0.1, 0.15) is 37.8 Å². The third-order valence-electron chi connectivity index (χ3n) is 3.77. The van der Waals surface area contributed by atoms with Gasteiger partial charge in [-0.25, -0.2) is 0 Å². The van der Waals surface area contributed by atoms with Crippen LogP contribution in [0.3, 0.4) is 0 Å². The van der Waals surface area contributed by atoms with Crippen molar-refractivity contribution in [3.05, 3.63) is 34.9 Å². The molecular weight excluding hydrogens is 244 g/mol. The Morgan fingerprint density at radius 3 is 2.78 bits per heavy atom. The summed E-state index contributed by atoms with van der Waals surface area (Å²) in [5.74, 6) is 0. The van der Waals surface area contributed by atoms with Crippen LogP contribution in [0.4, 0.5) is 0 Å². The number of benzene rings is 1. The Morgan fingerprint density at radius 2 is 2.22 bits per heavy atom. The van der Waals surface area contributed by atoms with Crippen LogP contribution in [0.5, 0.6) is 0 Å². The first kappa shape index (κ1) is 13.9. The second kappa shape index (κ2) is 6.55. The van der Waals surface area contributed by atoms with Gasteiger partial charge in [-0.3, -0.25) is 0 Å². The maximum absolute atomic E-state index is 6.06. The first-order chi connectivity index (χ1) is 8.74. The highest BCUT2D eigenvalue weighted by Gasteiger charge is 2.27. The van der Waals surface area contributed by atoms with E-state index < -0.39 is 0 Å². The van der Waals surface area contributed by atoms with Crippen molar-refractivity contribution in [3.63, 3.8) is 0 Å². The van der Waals surface area contributed by atoms with Crippen molar-refractivity contribution in [1.82, 2.24) is 10.2 Å². The van der Waals surface area contributed by atoms with Gasteiger partial charge in [0.15, 0.2) is 0 Å². The minimum atomic E-state index is 0.400. The fraction of sp³-hybridized carbons (Fsp3) is 0.600. The average Bonchev–Trinajstić information content (AvgIpc) is 3.19. The van der Waals surface area contributed by atoms with Gasteiger partial charge in [-0.15, -0.1) is 0 Å². The minimum Gasteiger partial charge on any atom is -0.313 e. The molecule has 0 heterocycles. The van der Waals surface area contributed by atoms with Gasteiger partial charge >= 0.3 is 0 Å². The first-order valence-corrected chi connectivity index (χ1v) is 7.29. The van der Waals surface area contributed by atoms with E-state index in [1.807, 2.05) is 19.2 Å². The van der Waals surface area contributed by atoms with Crippen LogP contribution in [0.2, 0.25) is 5.02 Å². The Bertz CT molecular complexity index is 377. The fourth-order valence-electron chi connectivity index (χ4n) is 2.53. The molecule has 1 aliphatic carbocycles. The summed E-state index contributed by atoms with van der Waals surface area (Å²) in [6.45, 7) is 4.59. The van der Waals surface area contributed by atoms with Crippen LogP contribution in [-0.2, 0) is 0 Å². The highest BCUT2D eigenvalue weighted by molar-refractivity contribution is 6.30. The van der Waals surface area contributed by atoms with Crippen LogP contribution in [0, 0.1) is 0 Å². The van der Waals surface area contributed by atoms with E-state index in [0.29, 0.717) is 6.04 Å². The zero-order chi connectivity index (χ0) is 13.0. The summed E-state index contributed by atoms with van der Waals surface area (Å²) in [7, 11) is 2.03. The van der Waals surface area contributed by atoms with E-state index in [2.05, 4.69) is 29.3 Å². The Balaban J connectivity index is 1.92. The molecule has 1 saturated carbocycles. The maximum Gasteiger partial charge on any atom is 0.0409 e. The predicted molar refractivity (Wildman–Crippen MR) is 78.1 cm³/mol. The normalized spacial score (nSPS) is 17.1. The number of hydrogen-bond donors (Lipinski definition) is 1. The Hall–Kier alpha value is -0.570. The molecule has 1 aromatic rings. The molecule has 2 nitrogen and oxygen atoms in total. The largest absolute Gasteiger partial charge is 0.313 e. The lowest BCUT2D eigenvalue weighted by atomic mass is 10.0. The average molecular weight is 267 g/mol. The topological polar surface area (TPSA) is 15.3 Å². The molecule has 0 bridgehead atoms. The van der Waals surface area contributed by atoms with E-state index in [1.165, 1.54) is 24.9 Å². The molecule has 1 N–H and O–H groups in total. The molecular formula is C15H23ClN2. The van der Waals surface area contributed by atoms with Crippen molar-refractivity contribution >= 4 is 11.6 Å². The van der Waals surface area contributed by atoms with Gasteiger partial charge in [-0.05, 0) is 50.6 Å². The zero-order valence-electron chi connectivity index (χ0n) is 11.3. The lowest BCUT2D eigenvalue weighted by Crippen LogP contribution is -2.30. The monoisotopic (exact) mass is 266 g/mol. The summed E-state index contributed by atoms with van der Waals surface area (Å²) in [5.41, 5.74) is 1.29. The van der Waals surface area contributed by atoms with Crippen molar-refractivity contribution in [1.29, 1.82) is 0 Å². The van der Waals surface area contributed by atoms with Crippen LogP contribution < -0.4 is 5.32 Å². The van der Waals surface area contributed by atoms with E-state index in [9.17, 15) is 0 Å². The maximum atomic E-state index is 6.06. The SMILES string of the molecule is CCN(CCC(NC)c1cccc(Cl)c1)C1CC1. The van der Waals surface area contributed by atoms with Gasteiger partial charge in [-0.1, -0.05) is 30.7 Å². The van der Waals surface area contributed by atoms with Gasteiger partial charge in [0.25, 0.3) is 0 Å². The molecule has 1 unspecified atom stereocenters. The smallest absolute Gasteiger partial charge is 0.0409 e. The van der Waals surface area contributed by atoms with Gasteiger partial charge in [0.1, 0.15) is 0 Å². The van der Waals surface area contributed by atoms with E-state index in [-0.39, 0.29) is 0 Å². The van der Waals surface area contributed by atoms with Crippen molar-refractivity contribution in [3.8, 4) is 0 Å². The molecule has 3 heteroatoms. The second-order valence-electron chi connectivity index (χ2n) is 5.04. The number of nitrogens with one attached hydrogen (secondary N) is 1. The molecule has 0 aromatic heterocycles. The van der Waals surface area contributed by atoms with Crippen molar-refractivity contribution in [2.24, 2.45) is 0 Å². The van der Waals surface area contributed by atoms with Crippen LogP contribution in [-0.4, -0.2) is 31.1 Å². The van der Waals surface area contributed by atoms with E-state index >= 15 is 0 Å². The molecule has 18 heavy (non-hydrogen) atoms. The summed E-state index contributed by atoms with van der Waals surface area (Å²) >= 11 is 6.06. The second-order valence-corrected chi connectivity index (χ2v) is 5.48. The van der Waals surface area contributed by atoms with Crippen LogP contribution in [0.15, 0.2) is 24.3 Å². The molecule has 0 spiro atoms. The molecule has 0 radical (unpaired) electrons. The van der Waals surface area contributed by atoms with Gasteiger partial charge in [0.2, 0.25) is 0 Å². The van der Waals surface area contributed by atoms with Gasteiger partial charge in [0.05, 0.1) is 0 Å². The number of hydrogen-bond acceptors (Lipinski definition) is 2. The van der Waals surface area contributed by atoms with E-state index in [4.69, 9.17) is 11.6 Å². The Morgan fingerprint density at radius 1 is 1.44 bits per heavy atom. The van der Waals surface area contributed by atoms with Crippen molar-refractivity contribution in [2.45, 2.75) is 38.3 Å². The lowest BCUT2D eigenvalue weighted by Gasteiger charge is -2.24. The van der Waals surface area contributed by atoms with E-state index in [0.717, 1.165) is 24.0 Å². The summed E-state index contributed by atoms with van der Waals surface area (Å²) in [5, 5.41) is 4.22. The molecule has 1 atom stereocenters. The Kier molecular flexibility index (Phi) is 5.04. The van der Waals surface area contributed by atoms with E-state index in [1.54, 1.807) is 0 Å². The quantitative estimate of drug-likeness (QED) is 0.813. The molecule has 2 rings (SSSR count). The van der Waals surface area contributed by atoms with Crippen molar-refractivity contribution < 1.29 is 0 Å². The molecule has 1 fully saturated rings. The predicted octanol–water partition coefficient (Wildman–Crippen LogP) is 3.47. The number of rotatable bonds is 7. The minimum absolute atomic E-state index is 0.400. The zero-order valence-corrected chi connectivity index (χ0v) is 12.1. The molecule has 1 aliphatic rings. The highest BCUT2D eigenvalue weighted by atomic mass is 35.5. The summed E-state index contributed by atoms with van der Waals surface area (Å²) < 4.78 is 0. The van der Waals surface area contributed by atoms with Crippen molar-refractivity contribution in [2.75, 3.05) is 20.1 Å². The summed E-state index contributed by atoms with van der Waals surface area (Å²) in [6, 6.07) is 9.43. The lowest BCUT2D eigenvalue weighted by molar-refractivity contribution is 0.261. The number of halogens is 1.